The zero-order valence-corrected chi connectivity index (χ0v) is 87.1. The van der Waals surface area contributed by atoms with Crippen molar-refractivity contribution in [3.05, 3.63) is 348 Å². The SMILES string of the molecule is C.C.C.C.C.C.C.C.CC.CC.CC.CC.CC.CC.CC.CC.CC(C)=O.CC(C)=O.Cc1cc(-c2ccccc2)c2cc[n+]([O-])c(-c3ccccc3)c2n1.Cc1cc(-c2ccccc2)c2ccnc(-c3ccccc3)c2n1.Nc1c(C(=O)c2ccccc2)cc[n+]([O-])c1-c1ccccc1.Nc1c(C(=O)c2ccccc2)ccnc1-c1ccccc1.O=S(=O)(O)O.O=S(=O)(O)O.O=[S](O)(=[Mg])OO.O=[S](O)(=[Mg])OO. The van der Waals surface area contributed by atoms with Crippen LogP contribution >= 0.6 is 0 Å². The molecule has 0 aliphatic carbocycles. The van der Waals surface area contributed by atoms with Gasteiger partial charge in [0.25, 0.3) is 0 Å². The number of Topliss-reactive ketones (excluding diaryl/α,β-unsaturated/α-hetero) is 2. The Bertz CT molecular complexity index is 6140. The van der Waals surface area contributed by atoms with Crippen LogP contribution in [0.25, 0.3) is 89.1 Å². The van der Waals surface area contributed by atoms with Gasteiger partial charge in [0.15, 0.2) is 24.0 Å². The van der Waals surface area contributed by atoms with Crippen LogP contribution in [0.5, 0.6) is 0 Å². The Balaban J connectivity index is -0.000000139. The zero-order chi connectivity index (χ0) is 105. The monoisotopic (exact) mass is 2100 g/mol. The molecule has 0 saturated carbocycles. The van der Waals surface area contributed by atoms with E-state index in [1.807, 2.05) is 282 Å². The Kier molecular flexibility index (Phi) is 97.5. The van der Waals surface area contributed by atoms with Crippen LogP contribution in [-0.4, -0.2) is 146 Å². The van der Waals surface area contributed by atoms with Crippen molar-refractivity contribution in [2.45, 2.75) is 212 Å². The summed E-state index contributed by atoms with van der Waals surface area (Å²) in [5.74, 6) is 0.0450. The first-order chi connectivity index (χ1) is 64.6. The van der Waals surface area contributed by atoms with Gasteiger partial charge in [0, 0.05) is 85.6 Å². The third-order valence-electron chi connectivity index (χ3n) is 15.1. The summed E-state index contributed by atoms with van der Waals surface area (Å²) in [7, 11) is -16.0. The standard InChI is InChI=1S/C21H16N2O.C21H16N2.C18H14N2O2.C18H14N2O.2C3H6O.8C2H6.8CH4.2Mg.4H2O4S/c1-15-14-19(16-8-4-2-5-9-16)18-12-13-23(24)21(20(18)22-15)17-10-6-3-7-11-17;1-15-14-19(16-8-4-2-5-9-16)18-12-13-22-20(21(18)23-15)17-10-6-3-7-11-17;19-16-15(18(21)14-9-5-2-6-10-14)11-12-20(22)17(16)13-7-3-1-4-8-13;19-16-15(18(21)14-9-5-2-6-10-14)11-12-20-17(16)13-7-3-1-4-8-13;2*1-3(2)4;8*1-2;;;;;;;;;;;2*1-5(2,3)4;2*1-4-5(2)3/h2-14H,1H3;2-14H,1H3;1-12H,19H2;1-12H,19H2;2*1-2H3;8*1-2H3;8*1H4;;;2*(H2,1,2,3,4);2*1H,(H,2,3). The molecular formula is C108H160Mg2N8O22S4. The minimum atomic E-state index is -4.67. The molecule has 36 heteroatoms. The van der Waals surface area contributed by atoms with Crippen molar-refractivity contribution in [1.29, 1.82) is 0 Å². The molecule has 0 bridgehead atoms. The molecule has 30 nitrogen and oxygen atoms in total. The van der Waals surface area contributed by atoms with Gasteiger partial charge in [0.2, 0.25) is 11.4 Å². The van der Waals surface area contributed by atoms with E-state index in [9.17, 15) is 38.0 Å². The number of ketones is 4. The molecule has 6 heterocycles. The van der Waals surface area contributed by atoms with E-state index in [0.717, 1.165) is 71.4 Å². The molecule has 0 aliphatic rings. The zero-order valence-electron chi connectivity index (χ0n) is 81.0. The van der Waals surface area contributed by atoms with E-state index in [4.69, 9.17) is 71.1 Å². The fourth-order valence-corrected chi connectivity index (χ4v) is 10.6. The van der Waals surface area contributed by atoms with Crippen molar-refractivity contribution in [3.63, 3.8) is 0 Å². The third kappa shape index (κ3) is 64.2. The molecule has 0 amide bonds. The number of anilines is 2. The van der Waals surface area contributed by atoms with Gasteiger partial charge in [-0.2, -0.15) is 26.3 Å². The minimum absolute atomic E-state index is 0. The third-order valence-corrected chi connectivity index (χ3v) is 16.2. The van der Waals surface area contributed by atoms with Gasteiger partial charge in [0.05, 0.1) is 28.2 Å². The Morgan fingerprint density at radius 3 is 0.847 bits per heavy atom. The van der Waals surface area contributed by atoms with Crippen molar-refractivity contribution in [3.8, 4) is 67.3 Å². The molecule has 14 aromatic rings. The maximum absolute atomic E-state index is 12.6. The number of benzene rings is 8. The topological polar surface area (TPSA) is 508 Å². The number of nitrogens with two attached hydrogens (primary N) is 2. The van der Waals surface area contributed by atoms with Gasteiger partial charge in [-0.25, -0.2) is 4.98 Å². The summed E-state index contributed by atoms with van der Waals surface area (Å²) in [4.78, 5) is 62.4. The second-order valence-electron chi connectivity index (χ2n) is 25.0. The van der Waals surface area contributed by atoms with Crippen LogP contribution in [0.2, 0.25) is 0 Å². The van der Waals surface area contributed by atoms with Crippen LogP contribution in [0.1, 0.15) is 241 Å². The summed E-state index contributed by atoms with van der Waals surface area (Å²) in [6.45, 7) is 42.1. The molecule has 8 aromatic carbocycles. The van der Waals surface area contributed by atoms with E-state index >= 15 is 0 Å². The molecule has 144 heavy (non-hydrogen) atoms. The first-order valence-corrected chi connectivity index (χ1v) is 52.4. The summed E-state index contributed by atoms with van der Waals surface area (Å²) >= 11 is 1.34. The number of hydrogen-bond donors (Lipinski definition) is 10. The fraction of sp³-hybridized carbons (Fsp3) is 0.278. The summed E-state index contributed by atoms with van der Waals surface area (Å²) < 4.78 is 106. The average Bonchev–Trinajstić information content (AvgIpc) is 0.762. The molecule has 0 radical (unpaired) electrons. The molecule has 2 unspecified atom stereocenters. The Hall–Kier alpha value is -11.6. The summed E-state index contributed by atoms with van der Waals surface area (Å²) in [5.41, 5.74) is 29.1. The molecule has 0 spiro atoms. The molecule has 0 fully saturated rings. The predicted octanol–water partition coefficient (Wildman–Crippen LogP) is 27.8. The summed E-state index contributed by atoms with van der Waals surface area (Å²) in [6.07, 6.45) is 6.37. The van der Waals surface area contributed by atoms with Crippen molar-refractivity contribution < 1.29 is 100 Å². The molecule has 6 aromatic heterocycles. The van der Waals surface area contributed by atoms with E-state index in [-0.39, 0.29) is 88.2 Å². The summed E-state index contributed by atoms with van der Waals surface area (Å²) in [5, 5.41) is 41.4. The molecular weight excluding hydrogens is 1940 g/mol. The van der Waals surface area contributed by atoms with E-state index in [0.29, 0.717) is 94.9 Å². The van der Waals surface area contributed by atoms with Gasteiger partial charge < -0.3 is 31.5 Å². The Labute approximate surface area is 883 Å². The van der Waals surface area contributed by atoms with Gasteiger partial charge in [-0.3, -0.25) is 42.8 Å². The number of nitrogen functional groups attached to an aromatic ring is 2. The average molecular weight is 2100 g/mol. The number of hydrogen-bond acceptors (Lipinski definition) is 22. The van der Waals surface area contributed by atoms with Crippen molar-refractivity contribution in [1.82, 2.24) is 19.9 Å². The van der Waals surface area contributed by atoms with Crippen LogP contribution in [0.4, 0.5) is 11.4 Å². The molecule has 792 valence electrons. The second kappa shape index (κ2) is 89.0. The fourth-order valence-electron chi connectivity index (χ4n) is 10.6. The van der Waals surface area contributed by atoms with Gasteiger partial charge in [-0.1, -0.05) is 389 Å². The number of aryl methyl sites for hydroxylation is 2. The van der Waals surface area contributed by atoms with Crippen LogP contribution in [0.3, 0.4) is 0 Å². The molecule has 0 saturated heterocycles. The molecule has 14 rings (SSSR count). The molecule has 0 aliphatic heterocycles. The quantitative estimate of drug-likeness (QED) is 0.0103. The van der Waals surface area contributed by atoms with Crippen molar-refractivity contribution in [2.75, 3.05) is 11.5 Å². The number of carbonyl (C=O) groups excluding carboxylic acids is 4. The first kappa shape index (κ1) is 158. The van der Waals surface area contributed by atoms with E-state index in [1.54, 1.807) is 67.0 Å². The Morgan fingerprint density at radius 1 is 0.326 bits per heavy atom. The molecule has 12 N–H and O–H groups in total. The number of carbonyl (C=O) groups is 4. The van der Waals surface area contributed by atoms with Crippen molar-refractivity contribution >= 4 is 131 Å². The van der Waals surface area contributed by atoms with Crippen LogP contribution < -0.4 is 20.9 Å². The van der Waals surface area contributed by atoms with E-state index in [2.05, 4.69) is 90.3 Å². The van der Waals surface area contributed by atoms with Crippen LogP contribution in [0.15, 0.2) is 304 Å². The van der Waals surface area contributed by atoms with Crippen molar-refractivity contribution in [2.24, 2.45) is 0 Å². The van der Waals surface area contributed by atoms with Gasteiger partial charge >= 0.3 is 112 Å². The first-order valence-electron chi connectivity index (χ1n) is 42.9. The predicted molar refractivity (Wildman–Crippen MR) is 607 cm³/mol. The number of pyridine rings is 6. The maximum atomic E-state index is 12.6. The second-order valence-corrected chi connectivity index (χ2v) is 33.8. The number of rotatable bonds is 12. The van der Waals surface area contributed by atoms with Crippen LogP contribution in [-0.2, 0) is 53.7 Å². The summed E-state index contributed by atoms with van der Waals surface area (Å²) in [6, 6.07) is 88.5. The van der Waals surface area contributed by atoms with Gasteiger partial charge in [-0.05, 0) is 112 Å². The van der Waals surface area contributed by atoms with E-state index < -0.39 is 35.4 Å². The van der Waals surface area contributed by atoms with E-state index in [1.165, 1.54) is 51.1 Å². The number of nitrogens with zero attached hydrogens (tertiary/aromatic N) is 6. The molecule has 2 atom stereocenters. The van der Waals surface area contributed by atoms with Gasteiger partial charge in [-0.15, -0.1) is 0 Å². The normalized spacial score (nSPS) is 9.79. The van der Waals surface area contributed by atoms with Gasteiger partial charge in [0.1, 0.15) is 22.8 Å². The number of aromatic nitrogens is 6. The Morgan fingerprint density at radius 2 is 0.549 bits per heavy atom. The number of fused-ring (bicyclic) bond motifs is 2. The van der Waals surface area contributed by atoms with Crippen LogP contribution in [0, 0.1) is 24.3 Å².